The Hall–Kier alpha value is -10.9. The molecule has 9 N–H and O–H groups in total. The van der Waals surface area contributed by atoms with Crippen molar-refractivity contribution in [2.45, 2.75) is 226 Å². The van der Waals surface area contributed by atoms with E-state index in [9.17, 15) is 40.9 Å². The van der Waals surface area contributed by atoms with Crippen LogP contribution in [0.15, 0.2) is 273 Å². The first-order chi connectivity index (χ1) is 71.6. The van der Waals surface area contributed by atoms with Crippen LogP contribution in [0.3, 0.4) is 0 Å². The minimum absolute atomic E-state index is 0.0153. The summed E-state index contributed by atoms with van der Waals surface area (Å²) in [6, 6.07) is 83.9. The lowest BCUT2D eigenvalue weighted by molar-refractivity contribution is 0.00464. The molecule has 5 heterocycles. The van der Waals surface area contributed by atoms with E-state index in [1.807, 2.05) is 281 Å². The number of hydrogen-bond donors (Lipinski definition) is 9. The molecule has 26 heteroatoms. The van der Waals surface area contributed by atoms with E-state index in [0.29, 0.717) is 97.0 Å². The Kier molecular flexibility index (Phi) is 52.0. The van der Waals surface area contributed by atoms with Gasteiger partial charge in [0.2, 0.25) is 0 Å². The number of aliphatic hydroxyl groups is 8. The topological polar surface area (TPSA) is 289 Å². The van der Waals surface area contributed by atoms with Crippen molar-refractivity contribution in [3.05, 3.63) is 306 Å². The van der Waals surface area contributed by atoms with Crippen molar-refractivity contribution >= 4 is 11.4 Å². The molecule has 8 atom stereocenters. The maximum absolute atomic E-state index is 10.5. The van der Waals surface area contributed by atoms with Gasteiger partial charge in [-0.05, 0) is 311 Å². The molecule has 8 unspecified atom stereocenters. The molecule has 10 aromatic carbocycles. The molecule has 0 aromatic heterocycles. The Morgan fingerprint density at radius 2 is 0.647 bits per heavy atom. The highest BCUT2D eigenvalue weighted by molar-refractivity contribution is 5.51. The highest BCUT2D eigenvalue weighted by Gasteiger charge is 2.45. The van der Waals surface area contributed by atoms with Crippen molar-refractivity contribution in [2.24, 2.45) is 0 Å². The normalized spacial score (nSPS) is 17.4. The van der Waals surface area contributed by atoms with Gasteiger partial charge in [0, 0.05) is 137 Å². The first-order valence-electron chi connectivity index (χ1n) is 53.5. The number of aliphatic hydroxyl groups excluding tert-OH is 8. The number of anilines is 2. The van der Waals surface area contributed by atoms with Gasteiger partial charge in [0.15, 0.2) is 0 Å². The summed E-state index contributed by atoms with van der Waals surface area (Å²) >= 11 is 0. The summed E-state index contributed by atoms with van der Waals surface area (Å²) in [5.41, 5.74) is 9.47. The zero-order chi connectivity index (χ0) is 108. The number of morpholine rings is 1. The molecule has 150 heavy (non-hydrogen) atoms. The quantitative estimate of drug-likeness (QED) is 0.0161. The number of likely N-dealkylation sites (tertiary alicyclic amines) is 2. The highest BCUT2D eigenvalue weighted by Crippen LogP contribution is 2.41. The first-order valence-corrected chi connectivity index (χ1v) is 53.5. The lowest BCUT2D eigenvalue weighted by Crippen LogP contribution is -2.53. The van der Waals surface area contributed by atoms with Crippen LogP contribution in [0.1, 0.15) is 142 Å². The molecule has 10 aromatic rings. The fourth-order valence-electron chi connectivity index (χ4n) is 18.2. The fourth-order valence-corrected chi connectivity index (χ4v) is 18.2. The second-order valence-corrected chi connectivity index (χ2v) is 43.3. The van der Waals surface area contributed by atoms with E-state index in [4.69, 9.17) is 47.4 Å². The van der Waals surface area contributed by atoms with Gasteiger partial charge in [-0.1, -0.05) is 152 Å². The molecule has 5 aliphatic rings. The molecule has 0 saturated carbocycles. The number of nitrogens with one attached hydrogen (secondary N) is 1. The van der Waals surface area contributed by atoms with Gasteiger partial charge in [0.1, 0.15) is 153 Å². The second kappa shape index (κ2) is 63.6. The molecule has 0 bridgehead atoms. The molecule has 26 nitrogen and oxygen atoms in total. The van der Waals surface area contributed by atoms with Crippen molar-refractivity contribution in [1.29, 1.82) is 0 Å². The second-order valence-electron chi connectivity index (χ2n) is 43.3. The van der Waals surface area contributed by atoms with Crippen molar-refractivity contribution < 1.29 is 88.2 Å². The molecule has 822 valence electrons. The molecular formula is C124H178N8O18. The van der Waals surface area contributed by atoms with Crippen LogP contribution in [0.4, 0.5) is 11.4 Å². The predicted octanol–water partition coefficient (Wildman–Crippen LogP) is 17.9. The van der Waals surface area contributed by atoms with Gasteiger partial charge in [0.05, 0.1) is 20.3 Å². The number of aryl methyl sites for hydroxylation is 6. The van der Waals surface area contributed by atoms with Gasteiger partial charge in [-0.3, -0.25) is 19.6 Å². The molecule has 0 amide bonds. The largest absolute Gasteiger partial charge is 0.497 e. The number of rotatable bonds is 43. The monoisotopic (exact) mass is 2070 g/mol. The lowest BCUT2D eigenvalue weighted by atomic mass is 10.0. The minimum Gasteiger partial charge on any atom is -0.497 e. The summed E-state index contributed by atoms with van der Waals surface area (Å²) in [6.45, 7) is 52.3. The molecule has 4 fully saturated rings. The van der Waals surface area contributed by atoms with Crippen molar-refractivity contribution in [3.63, 3.8) is 0 Å². The number of para-hydroxylation sites is 4. The number of benzene rings is 10. The summed E-state index contributed by atoms with van der Waals surface area (Å²) in [6.07, 6.45) is 6.37. The Morgan fingerprint density at radius 1 is 0.320 bits per heavy atom. The van der Waals surface area contributed by atoms with Crippen LogP contribution in [0.5, 0.6) is 51.7 Å². The van der Waals surface area contributed by atoms with Crippen LogP contribution in [0.25, 0.3) is 0 Å². The van der Waals surface area contributed by atoms with E-state index in [1.54, 1.807) is 7.11 Å². The first kappa shape index (κ1) is 123. The summed E-state index contributed by atoms with van der Waals surface area (Å²) in [4.78, 5) is 15.8. The Balaban J connectivity index is 0.000000196. The number of piperidine rings is 1. The molecule has 0 radical (unpaired) electrons. The zero-order valence-corrected chi connectivity index (χ0v) is 92.8. The van der Waals surface area contributed by atoms with Crippen LogP contribution in [0.2, 0.25) is 0 Å². The summed E-state index contributed by atoms with van der Waals surface area (Å²) in [7, 11) is 1.69. The van der Waals surface area contributed by atoms with Crippen LogP contribution >= 0.6 is 0 Å². The number of β-amino-alcohol motifs (C(OH)–C–C–N with tert-alkyl or cyclic N) is 6. The summed E-state index contributed by atoms with van der Waals surface area (Å²) < 4.78 is 55.7. The average Bonchev–Trinajstić information content (AvgIpc) is 1.64. The van der Waals surface area contributed by atoms with Gasteiger partial charge in [-0.25, -0.2) is 0 Å². The molecular weight excluding hydrogens is 1890 g/mol. The standard InChI is InChI=1S/C24H27NO4.C20H26N2O3.C18H29NO2.C18H27NO2.C15H23NO2.C15H25NO2.C14H21NO3/c26-21(18-28-23-12-6-2-7-13-23)16-25(20-10-4-1-5-11-20)17-22(27)19-29-24-14-8-3-9-15-24;1-24-20-9-5-6-17(14-20)22-12-10-21(11-13-22)15-18(23)16-25-19-7-3-2-4-8-19;2*1-14-7-6-8-16(11-14)21-13-15(20)12-19-17(2,3)9-10-18(19,4)5;1-13-6-5-7-15(10-13)18-12-14(17)11-16-8-3-2-4-9-16;1-11-6-7-14(8-12(11)2)18-10-13(17)9-16-15(3,4)5;1-12-3-2-4-14(9-12)18-11-13(16)10-15-5-7-17-8-6-15/h1-15,21-22,26-27H,16-19H2;2-9,14,18,23H,10-13,15-16H2,1H3;6-8,11,15,20H,9-10,12-13H2,1-5H3;6-11,15,20H,12-13H2,1-5H3;5-7,10,14,17H,2-4,8-9,11-12H2,1H3;6-8,13,16-17H,9-10H2,1-5H3;2-4,9,13,16H,5-8,10-11H2,1H3. The third-order valence-electron chi connectivity index (χ3n) is 26.7. The number of methoxy groups -OCH3 is 1. The van der Waals surface area contributed by atoms with E-state index in [1.165, 1.54) is 60.0 Å². The molecule has 15 rings (SSSR count). The van der Waals surface area contributed by atoms with E-state index in [-0.39, 0.29) is 40.9 Å². The number of nitrogens with zero attached hydrogens (tertiary/aromatic N) is 7. The third-order valence-corrected chi connectivity index (χ3v) is 26.7. The van der Waals surface area contributed by atoms with Gasteiger partial charge in [0.25, 0.3) is 0 Å². The number of piperazine rings is 1. The Bertz CT molecular complexity index is 5180. The smallest absolute Gasteiger partial charge is 0.120 e. The Morgan fingerprint density at radius 3 is 1.03 bits per heavy atom. The predicted molar refractivity (Wildman–Crippen MR) is 606 cm³/mol. The van der Waals surface area contributed by atoms with Gasteiger partial charge < -0.3 is 108 Å². The van der Waals surface area contributed by atoms with E-state index >= 15 is 0 Å². The highest BCUT2D eigenvalue weighted by atomic mass is 16.5. The van der Waals surface area contributed by atoms with Crippen molar-refractivity contribution in [1.82, 2.24) is 29.8 Å². The SMILES string of the molecule is COc1cccc(N2CCN(CC(O)COc3ccccc3)CC2)c1.Cc1ccc(OCC(O)CNC(C)(C)C)cc1C.Cc1cccc(OCC(O)CN2C(C)(C)C=CC2(C)C)c1.Cc1cccc(OCC(O)CN2C(C)(C)CCC2(C)C)c1.Cc1cccc(OCC(O)CN2CCCCC2)c1.Cc1cccc(OCC(O)CN2CCOCC2)c1.OC(COc1ccccc1)CN(CC(O)COc1ccccc1)c1ccccc1. The van der Waals surface area contributed by atoms with Gasteiger partial charge in [-0.2, -0.15) is 0 Å². The number of ether oxygens (including phenoxy) is 10. The molecule has 0 spiro atoms. The average molecular weight is 2070 g/mol. The zero-order valence-electron chi connectivity index (χ0n) is 92.8. The Labute approximate surface area is 896 Å². The van der Waals surface area contributed by atoms with Crippen molar-refractivity contribution in [2.75, 3.05) is 188 Å². The fraction of sp³-hybridized carbons (Fsp3) is 0.500. The molecule has 4 saturated heterocycles. The maximum Gasteiger partial charge on any atom is 0.120 e. The summed E-state index contributed by atoms with van der Waals surface area (Å²) in [5.74, 6) is 7.22. The number of hydrogen-bond acceptors (Lipinski definition) is 26. The van der Waals surface area contributed by atoms with E-state index in [2.05, 4.69) is 149 Å². The van der Waals surface area contributed by atoms with Crippen LogP contribution in [-0.4, -0.2) is 320 Å². The minimum atomic E-state index is -0.711. The van der Waals surface area contributed by atoms with E-state index in [0.717, 1.165) is 129 Å². The third kappa shape index (κ3) is 47.2. The lowest BCUT2D eigenvalue weighted by Gasteiger charge is -2.41. The van der Waals surface area contributed by atoms with E-state index < -0.39 is 48.8 Å². The van der Waals surface area contributed by atoms with Crippen molar-refractivity contribution in [3.8, 4) is 51.7 Å². The molecule has 5 aliphatic heterocycles. The maximum atomic E-state index is 10.5. The van der Waals surface area contributed by atoms with Crippen LogP contribution < -0.4 is 57.7 Å². The van der Waals surface area contributed by atoms with Crippen LogP contribution in [0, 0.1) is 41.5 Å². The molecule has 0 aliphatic carbocycles. The van der Waals surface area contributed by atoms with Crippen LogP contribution in [-0.2, 0) is 4.74 Å². The van der Waals surface area contributed by atoms with Gasteiger partial charge in [-0.15, -0.1) is 0 Å². The van der Waals surface area contributed by atoms with Gasteiger partial charge >= 0.3 is 0 Å². The summed E-state index contributed by atoms with van der Waals surface area (Å²) in [5, 5.41) is 84.8.